The molecule has 3 rings (SSSR count). The SMILES string of the molecule is CCSc1oc2ccc(C(=O)OC)cc2c(=O)c1C(C)Nc1cc(F)cc(F)c1. The Labute approximate surface area is 170 Å². The second kappa shape index (κ2) is 8.65. The van der Waals surface area contributed by atoms with E-state index in [0.717, 1.165) is 18.2 Å². The van der Waals surface area contributed by atoms with E-state index in [1.54, 1.807) is 13.0 Å². The molecule has 0 fully saturated rings. The number of thioether (sulfide) groups is 1. The van der Waals surface area contributed by atoms with Gasteiger partial charge in [-0.2, -0.15) is 0 Å². The zero-order valence-electron chi connectivity index (χ0n) is 16.0. The van der Waals surface area contributed by atoms with Gasteiger partial charge >= 0.3 is 5.97 Å². The van der Waals surface area contributed by atoms with Gasteiger partial charge in [-0.3, -0.25) is 4.79 Å². The lowest BCUT2D eigenvalue weighted by Crippen LogP contribution is -2.19. The second-order valence-electron chi connectivity index (χ2n) is 6.29. The zero-order chi connectivity index (χ0) is 21.1. The summed E-state index contributed by atoms with van der Waals surface area (Å²) in [5, 5.41) is 3.58. The highest BCUT2D eigenvalue weighted by molar-refractivity contribution is 7.99. The first-order valence-electron chi connectivity index (χ1n) is 8.88. The number of ether oxygens (including phenoxy) is 1. The Bertz CT molecular complexity index is 1110. The fourth-order valence-electron chi connectivity index (χ4n) is 3.00. The van der Waals surface area contributed by atoms with Crippen molar-refractivity contribution in [3.05, 3.63) is 69.4 Å². The van der Waals surface area contributed by atoms with Crippen LogP contribution in [0.2, 0.25) is 0 Å². The van der Waals surface area contributed by atoms with Gasteiger partial charge in [-0.25, -0.2) is 13.6 Å². The predicted octanol–water partition coefficient (Wildman–Crippen LogP) is 5.14. The minimum absolute atomic E-state index is 0.199. The maximum absolute atomic E-state index is 13.5. The summed E-state index contributed by atoms with van der Waals surface area (Å²) in [7, 11) is 1.26. The number of carbonyl (C=O) groups is 1. The molecule has 0 saturated carbocycles. The highest BCUT2D eigenvalue weighted by atomic mass is 32.2. The van der Waals surface area contributed by atoms with Gasteiger partial charge in [0.25, 0.3) is 0 Å². The van der Waals surface area contributed by atoms with Gasteiger partial charge in [0, 0.05) is 11.8 Å². The van der Waals surface area contributed by atoms with Crippen molar-refractivity contribution < 1.29 is 22.7 Å². The van der Waals surface area contributed by atoms with Crippen molar-refractivity contribution >= 4 is 34.4 Å². The smallest absolute Gasteiger partial charge is 0.337 e. The Balaban J connectivity index is 2.12. The van der Waals surface area contributed by atoms with Crippen LogP contribution in [0.3, 0.4) is 0 Å². The highest BCUT2D eigenvalue weighted by Gasteiger charge is 2.21. The van der Waals surface area contributed by atoms with E-state index in [9.17, 15) is 18.4 Å². The summed E-state index contributed by atoms with van der Waals surface area (Å²) in [6.07, 6.45) is 0. The van der Waals surface area contributed by atoms with E-state index in [1.165, 1.54) is 31.0 Å². The van der Waals surface area contributed by atoms with Crippen LogP contribution >= 0.6 is 11.8 Å². The average molecular weight is 419 g/mol. The lowest BCUT2D eigenvalue weighted by molar-refractivity contribution is 0.0601. The molecule has 0 aliphatic carbocycles. The summed E-state index contributed by atoms with van der Waals surface area (Å²) in [6, 6.07) is 6.95. The molecule has 0 saturated heterocycles. The molecule has 0 amide bonds. The van der Waals surface area contributed by atoms with Crippen LogP contribution in [0.1, 0.15) is 35.8 Å². The minimum atomic E-state index is -0.726. The van der Waals surface area contributed by atoms with Crippen LogP contribution in [0, 0.1) is 11.6 Å². The van der Waals surface area contributed by atoms with Crippen molar-refractivity contribution in [3.8, 4) is 0 Å². The monoisotopic (exact) mass is 419 g/mol. The van der Waals surface area contributed by atoms with Gasteiger partial charge in [-0.15, -0.1) is 0 Å². The molecule has 0 bridgehead atoms. The van der Waals surface area contributed by atoms with Crippen molar-refractivity contribution in [2.24, 2.45) is 0 Å². The third-order valence-electron chi connectivity index (χ3n) is 4.27. The van der Waals surface area contributed by atoms with Crippen LogP contribution in [-0.2, 0) is 4.74 Å². The molecule has 1 heterocycles. The van der Waals surface area contributed by atoms with Gasteiger partial charge in [0.1, 0.15) is 17.2 Å². The number of halogens is 2. The first kappa shape index (κ1) is 20.9. The molecular formula is C21H19F2NO4S. The molecule has 5 nitrogen and oxygen atoms in total. The van der Waals surface area contributed by atoms with Crippen LogP contribution in [0.15, 0.2) is 50.7 Å². The molecule has 1 aromatic heterocycles. The number of nitrogens with one attached hydrogen (secondary N) is 1. The molecule has 0 spiro atoms. The van der Waals surface area contributed by atoms with Gasteiger partial charge in [-0.1, -0.05) is 18.7 Å². The fourth-order valence-corrected chi connectivity index (χ4v) is 3.84. The molecule has 29 heavy (non-hydrogen) atoms. The number of benzene rings is 2. The maximum Gasteiger partial charge on any atom is 0.337 e. The first-order valence-corrected chi connectivity index (χ1v) is 9.87. The standard InChI is InChI=1S/C21H19F2NO4S/c1-4-29-21-18(11(2)24-15-9-13(22)8-14(23)10-15)19(25)16-7-12(20(26)27-3)5-6-17(16)28-21/h5-11,24H,4H2,1-3H3. The number of fused-ring (bicyclic) bond motifs is 1. The maximum atomic E-state index is 13.5. The molecule has 8 heteroatoms. The summed E-state index contributed by atoms with van der Waals surface area (Å²) < 4.78 is 37.6. The molecule has 3 aromatic rings. The van der Waals surface area contributed by atoms with Crippen LogP contribution in [0.4, 0.5) is 14.5 Å². The minimum Gasteiger partial charge on any atom is -0.465 e. The third kappa shape index (κ3) is 4.42. The van der Waals surface area contributed by atoms with Crippen molar-refractivity contribution in [2.45, 2.75) is 25.0 Å². The fraction of sp³-hybridized carbons (Fsp3) is 0.238. The van der Waals surface area contributed by atoms with Gasteiger partial charge in [0.05, 0.1) is 29.7 Å². The summed E-state index contributed by atoms with van der Waals surface area (Å²) in [4.78, 5) is 25.1. The Morgan fingerprint density at radius 2 is 1.90 bits per heavy atom. The Hall–Kier alpha value is -2.87. The van der Waals surface area contributed by atoms with Gasteiger partial charge < -0.3 is 14.5 Å². The molecular weight excluding hydrogens is 400 g/mol. The average Bonchev–Trinajstić information content (AvgIpc) is 2.66. The molecule has 1 N–H and O–H groups in total. The third-order valence-corrected chi connectivity index (χ3v) is 5.12. The summed E-state index contributed by atoms with van der Waals surface area (Å²) in [6.45, 7) is 3.61. The zero-order valence-corrected chi connectivity index (χ0v) is 16.9. The first-order chi connectivity index (χ1) is 13.8. The largest absolute Gasteiger partial charge is 0.465 e. The molecule has 2 aromatic carbocycles. The topological polar surface area (TPSA) is 68.5 Å². The van der Waals surface area contributed by atoms with Crippen LogP contribution in [0.5, 0.6) is 0 Å². The molecule has 1 atom stereocenters. The van der Waals surface area contributed by atoms with Gasteiger partial charge in [0.2, 0.25) is 0 Å². The number of hydrogen-bond acceptors (Lipinski definition) is 6. The predicted molar refractivity (Wildman–Crippen MR) is 109 cm³/mol. The molecule has 0 radical (unpaired) electrons. The van der Waals surface area contributed by atoms with Gasteiger partial charge in [0.15, 0.2) is 10.5 Å². The van der Waals surface area contributed by atoms with E-state index in [-0.39, 0.29) is 22.1 Å². The number of anilines is 1. The van der Waals surface area contributed by atoms with E-state index >= 15 is 0 Å². The lowest BCUT2D eigenvalue weighted by Gasteiger charge is -2.18. The second-order valence-corrected chi connectivity index (χ2v) is 7.53. The number of methoxy groups -OCH3 is 1. The lowest BCUT2D eigenvalue weighted by atomic mass is 10.1. The van der Waals surface area contributed by atoms with Crippen LogP contribution in [-0.4, -0.2) is 18.8 Å². The number of esters is 1. The number of rotatable bonds is 6. The molecule has 0 aliphatic heterocycles. The van der Waals surface area contributed by atoms with Gasteiger partial charge in [-0.05, 0) is 43.0 Å². The normalized spacial score (nSPS) is 12.0. The summed E-state index contributed by atoms with van der Waals surface area (Å²) in [5.41, 5.74) is 0.749. The van der Waals surface area contributed by atoms with Crippen molar-refractivity contribution in [1.82, 2.24) is 0 Å². The van der Waals surface area contributed by atoms with Crippen LogP contribution < -0.4 is 10.7 Å². The van der Waals surface area contributed by atoms with Crippen LogP contribution in [0.25, 0.3) is 11.0 Å². The van der Waals surface area contributed by atoms with E-state index in [2.05, 4.69) is 5.32 Å². The number of hydrogen-bond donors (Lipinski definition) is 1. The van der Waals surface area contributed by atoms with Crippen molar-refractivity contribution in [1.29, 1.82) is 0 Å². The van der Waals surface area contributed by atoms with E-state index < -0.39 is 23.6 Å². The Morgan fingerprint density at radius 1 is 1.21 bits per heavy atom. The summed E-state index contributed by atoms with van der Waals surface area (Å²) in [5.74, 6) is -1.36. The van der Waals surface area contributed by atoms with E-state index in [4.69, 9.17) is 9.15 Å². The quantitative estimate of drug-likeness (QED) is 0.441. The summed E-state index contributed by atoms with van der Waals surface area (Å²) >= 11 is 1.34. The molecule has 0 aliphatic rings. The van der Waals surface area contributed by atoms with E-state index in [0.29, 0.717) is 22.0 Å². The highest BCUT2D eigenvalue weighted by Crippen LogP contribution is 2.31. The Morgan fingerprint density at radius 3 is 2.52 bits per heavy atom. The molecule has 152 valence electrons. The Kier molecular flexibility index (Phi) is 6.22. The molecule has 1 unspecified atom stereocenters. The number of carbonyl (C=O) groups excluding carboxylic acids is 1. The van der Waals surface area contributed by atoms with E-state index in [1.807, 2.05) is 6.92 Å². The van der Waals surface area contributed by atoms with Crippen molar-refractivity contribution in [2.75, 3.05) is 18.2 Å². The van der Waals surface area contributed by atoms with Crippen molar-refractivity contribution in [3.63, 3.8) is 0 Å².